The van der Waals surface area contributed by atoms with Gasteiger partial charge >= 0.3 is 0 Å². The minimum atomic E-state index is -1.00. The largest absolute Gasteiger partial charge is 0.347 e. The van der Waals surface area contributed by atoms with E-state index in [-0.39, 0.29) is 48.4 Å². The molecule has 2 heterocycles. The van der Waals surface area contributed by atoms with Gasteiger partial charge in [0.1, 0.15) is 23.8 Å². The van der Waals surface area contributed by atoms with Crippen LogP contribution in [0.1, 0.15) is 77.2 Å². The smallest absolute Gasteiger partial charge is 0.289 e. The quantitative estimate of drug-likeness (QED) is 0.174. The highest BCUT2D eigenvalue weighted by Crippen LogP contribution is 2.39. The second kappa shape index (κ2) is 14.7. The molecule has 1 saturated heterocycles. The fraction of sp³-hybridized carbons (Fsp3) is 0.625. The summed E-state index contributed by atoms with van der Waals surface area (Å²) in [5.41, 5.74) is 0.0582. The molecule has 6 atom stereocenters. The van der Waals surface area contributed by atoms with Crippen molar-refractivity contribution in [3.05, 3.63) is 36.4 Å². The number of hydrogen-bond donors (Lipinski definition) is 4. The van der Waals surface area contributed by atoms with E-state index in [1.54, 1.807) is 27.7 Å². The van der Waals surface area contributed by atoms with Crippen molar-refractivity contribution in [3.8, 4) is 0 Å². The molecule has 2 aliphatic carbocycles. The predicted octanol–water partition coefficient (Wildman–Crippen LogP) is 0.908. The summed E-state index contributed by atoms with van der Waals surface area (Å²) in [6.07, 6.45) is 11.2. The first-order valence-corrected chi connectivity index (χ1v) is 15.9. The minimum absolute atomic E-state index is 0.00602. The summed E-state index contributed by atoms with van der Waals surface area (Å²) in [6.45, 7) is 9.30. The number of nitrogens with zero attached hydrogens (tertiary/aromatic N) is 3. The number of fused-ring (bicyclic) bond motifs is 1. The van der Waals surface area contributed by atoms with Crippen LogP contribution in [0.25, 0.3) is 0 Å². The van der Waals surface area contributed by atoms with Crippen molar-refractivity contribution in [2.45, 2.75) is 96.9 Å². The summed E-state index contributed by atoms with van der Waals surface area (Å²) in [5, 5.41) is 11.0. The summed E-state index contributed by atoms with van der Waals surface area (Å²) in [4.78, 5) is 89.2. The van der Waals surface area contributed by atoms with Gasteiger partial charge in [-0.05, 0) is 43.4 Å². The lowest BCUT2D eigenvalue weighted by atomic mass is 9.92. The van der Waals surface area contributed by atoms with Gasteiger partial charge in [0.2, 0.25) is 23.5 Å². The molecular weight excluding hydrogens is 578 g/mol. The van der Waals surface area contributed by atoms with Gasteiger partial charge in [0.15, 0.2) is 0 Å². The van der Waals surface area contributed by atoms with E-state index < -0.39 is 59.5 Å². The maximum atomic E-state index is 14.2. The van der Waals surface area contributed by atoms with Crippen LogP contribution in [0.2, 0.25) is 0 Å². The molecule has 4 rings (SSSR count). The Labute approximate surface area is 263 Å². The van der Waals surface area contributed by atoms with E-state index in [9.17, 15) is 28.8 Å². The highest BCUT2D eigenvalue weighted by Gasteiger charge is 2.50. The van der Waals surface area contributed by atoms with E-state index in [1.807, 2.05) is 19.1 Å². The van der Waals surface area contributed by atoms with Crippen LogP contribution in [0, 0.1) is 23.7 Å². The van der Waals surface area contributed by atoms with Crippen LogP contribution in [0.5, 0.6) is 0 Å². The molecule has 0 radical (unpaired) electrons. The zero-order chi connectivity index (χ0) is 32.8. The number of nitrogens with one attached hydrogen (secondary N) is 4. The molecule has 0 aromatic carbocycles. The molecule has 0 spiro atoms. The topological polar surface area (TPSA) is 180 Å². The van der Waals surface area contributed by atoms with Crippen molar-refractivity contribution in [1.82, 2.24) is 36.1 Å². The van der Waals surface area contributed by atoms with E-state index in [2.05, 4.69) is 31.2 Å². The van der Waals surface area contributed by atoms with Gasteiger partial charge in [-0.2, -0.15) is 0 Å². The Balaban J connectivity index is 1.50. The maximum absolute atomic E-state index is 14.2. The number of Topliss-reactive ketones (excluding diaryl/α,β-unsaturated/α-hetero) is 1. The van der Waals surface area contributed by atoms with Gasteiger partial charge < -0.3 is 26.2 Å². The van der Waals surface area contributed by atoms with E-state index >= 15 is 0 Å². The lowest BCUT2D eigenvalue weighted by molar-refractivity contribution is -0.145. The van der Waals surface area contributed by atoms with Crippen molar-refractivity contribution in [2.75, 3.05) is 6.54 Å². The van der Waals surface area contributed by atoms with Crippen LogP contribution in [0.15, 0.2) is 30.7 Å². The number of carbonyl (C=O) groups excluding carboxylic acids is 6. The summed E-state index contributed by atoms with van der Waals surface area (Å²) < 4.78 is 0. The Hall–Kier alpha value is -4.16. The van der Waals surface area contributed by atoms with Crippen molar-refractivity contribution in [2.24, 2.45) is 23.7 Å². The molecule has 4 N–H and O–H groups in total. The highest BCUT2D eigenvalue weighted by atomic mass is 16.2. The molecule has 1 aromatic rings. The summed E-state index contributed by atoms with van der Waals surface area (Å²) >= 11 is 0. The number of allylic oxidation sites excluding steroid dienone is 1. The molecule has 1 unspecified atom stereocenters. The van der Waals surface area contributed by atoms with Gasteiger partial charge in [0.25, 0.3) is 11.8 Å². The number of carbonyl (C=O) groups is 6. The molecular formula is C32H45N7O6. The highest BCUT2D eigenvalue weighted by molar-refractivity contribution is 6.38. The molecule has 1 aliphatic heterocycles. The maximum Gasteiger partial charge on any atom is 0.289 e. The van der Waals surface area contributed by atoms with Crippen LogP contribution in [-0.2, 0) is 24.0 Å². The van der Waals surface area contributed by atoms with Crippen molar-refractivity contribution in [3.63, 3.8) is 0 Å². The third-order valence-corrected chi connectivity index (χ3v) is 8.65. The number of likely N-dealkylation sites (tertiary alicyclic amines) is 1. The molecule has 5 amide bonds. The first-order chi connectivity index (χ1) is 21.4. The zero-order valence-electron chi connectivity index (χ0n) is 26.6. The monoisotopic (exact) mass is 623 g/mol. The standard InChI is InChI=1S/C32H45N7O6/c1-6-8-22(27(40)31(44)35-20-11-12-20)36-30(43)26-21-10-7-9-19(21)16-39(26)32(45)25(18(4)5)38-29(42)24(17(2)3)37-28(41)23-15-33-13-14-34-23/h7,9,13-15,17-22,24-26H,6,8,10-12,16H2,1-5H3,(H,35,44)(H,36,43)(H,37,41)(H,38,42)/t19-,21-,22?,24+,25-,26-/m0/s1. The van der Waals surface area contributed by atoms with Crippen LogP contribution in [-0.4, -0.2) is 86.9 Å². The fourth-order valence-corrected chi connectivity index (χ4v) is 5.98. The average Bonchev–Trinajstić information content (AvgIpc) is 3.57. The number of hydrogen-bond acceptors (Lipinski definition) is 8. The van der Waals surface area contributed by atoms with Gasteiger partial charge in [-0.3, -0.25) is 33.8 Å². The van der Waals surface area contributed by atoms with Crippen molar-refractivity contribution >= 4 is 35.3 Å². The molecule has 2 fully saturated rings. The van der Waals surface area contributed by atoms with Crippen molar-refractivity contribution in [1.29, 1.82) is 0 Å². The van der Waals surface area contributed by atoms with Gasteiger partial charge in [-0.1, -0.05) is 53.2 Å². The molecule has 45 heavy (non-hydrogen) atoms. The predicted molar refractivity (Wildman–Crippen MR) is 164 cm³/mol. The summed E-state index contributed by atoms with van der Waals surface area (Å²) in [7, 11) is 0. The molecule has 1 aromatic heterocycles. The van der Waals surface area contributed by atoms with Crippen LogP contribution in [0.4, 0.5) is 0 Å². The van der Waals surface area contributed by atoms with Crippen LogP contribution < -0.4 is 21.3 Å². The van der Waals surface area contributed by atoms with Gasteiger partial charge in [0.05, 0.1) is 12.2 Å². The average molecular weight is 624 g/mol. The van der Waals surface area contributed by atoms with Gasteiger partial charge in [-0.15, -0.1) is 0 Å². The van der Waals surface area contributed by atoms with E-state index in [0.717, 1.165) is 12.8 Å². The number of amides is 5. The molecule has 1 saturated carbocycles. The first kappa shape index (κ1) is 33.7. The molecule has 13 heteroatoms. The Morgan fingerprint density at radius 1 is 0.956 bits per heavy atom. The summed E-state index contributed by atoms with van der Waals surface area (Å²) in [6, 6.07) is -3.83. The Kier molecular flexibility index (Phi) is 11.1. The van der Waals surface area contributed by atoms with Crippen LogP contribution in [0.3, 0.4) is 0 Å². The molecule has 3 aliphatic rings. The van der Waals surface area contributed by atoms with E-state index in [0.29, 0.717) is 12.8 Å². The normalized spacial score (nSPS) is 22.4. The lowest BCUT2D eigenvalue weighted by Gasteiger charge is -2.33. The Morgan fingerprint density at radius 2 is 1.67 bits per heavy atom. The zero-order valence-corrected chi connectivity index (χ0v) is 26.6. The number of aromatic nitrogens is 2. The fourth-order valence-electron chi connectivity index (χ4n) is 5.98. The third-order valence-electron chi connectivity index (χ3n) is 8.65. The Morgan fingerprint density at radius 3 is 2.27 bits per heavy atom. The van der Waals surface area contributed by atoms with E-state index in [1.165, 1.54) is 23.5 Å². The number of ketones is 1. The second-order valence-corrected chi connectivity index (χ2v) is 12.9. The third kappa shape index (κ3) is 8.12. The first-order valence-electron chi connectivity index (χ1n) is 15.9. The van der Waals surface area contributed by atoms with Crippen molar-refractivity contribution < 1.29 is 28.8 Å². The molecule has 0 bridgehead atoms. The molecule has 13 nitrogen and oxygen atoms in total. The SMILES string of the molecule is CCCC(NC(=O)[C@@H]1[C@H]2CC=C[C@H]2CN1C(=O)[C@@H](NC(=O)[C@H](NC(=O)c1cnccn1)C(C)C)C(C)C)C(=O)C(=O)NC1CC1. The molecule has 244 valence electrons. The summed E-state index contributed by atoms with van der Waals surface area (Å²) in [5.74, 6) is -4.31. The lowest BCUT2D eigenvalue weighted by Crippen LogP contribution is -2.60. The van der Waals surface area contributed by atoms with Crippen LogP contribution >= 0.6 is 0 Å². The van der Waals surface area contributed by atoms with E-state index in [4.69, 9.17) is 0 Å². The second-order valence-electron chi connectivity index (χ2n) is 12.9. The minimum Gasteiger partial charge on any atom is -0.347 e. The Bertz CT molecular complexity index is 1310. The number of rotatable bonds is 14. The van der Waals surface area contributed by atoms with Gasteiger partial charge in [-0.25, -0.2) is 4.98 Å². The van der Waals surface area contributed by atoms with Gasteiger partial charge in [0, 0.05) is 30.9 Å².